The minimum Gasteiger partial charge on any atom is -0.497 e. The highest BCUT2D eigenvalue weighted by molar-refractivity contribution is 5.88. The molecule has 0 fully saturated rings. The number of aromatic nitrogens is 1. The normalized spacial score (nSPS) is 14.3. The van der Waals surface area contributed by atoms with Crippen molar-refractivity contribution >= 4 is 11.6 Å². The van der Waals surface area contributed by atoms with Gasteiger partial charge in [0, 0.05) is 24.2 Å². The van der Waals surface area contributed by atoms with Crippen LogP contribution in [0.2, 0.25) is 0 Å². The predicted octanol–water partition coefficient (Wildman–Crippen LogP) is 5.80. The monoisotopic (exact) mass is 469 g/mol. The van der Waals surface area contributed by atoms with Gasteiger partial charge in [0.15, 0.2) is 0 Å². The molecule has 6 nitrogen and oxygen atoms in total. The molecule has 0 bridgehead atoms. The molecule has 0 aliphatic carbocycles. The summed E-state index contributed by atoms with van der Waals surface area (Å²) >= 11 is 0. The molecule has 0 N–H and O–H groups in total. The van der Waals surface area contributed by atoms with Crippen molar-refractivity contribution in [1.29, 1.82) is 5.26 Å². The van der Waals surface area contributed by atoms with E-state index in [4.69, 9.17) is 19.2 Å². The summed E-state index contributed by atoms with van der Waals surface area (Å²) in [6, 6.07) is 18.2. The van der Waals surface area contributed by atoms with Gasteiger partial charge in [0.1, 0.15) is 23.1 Å². The molecule has 1 aromatic heterocycles. The van der Waals surface area contributed by atoms with Gasteiger partial charge in [-0.15, -0.1) is 0 Å². The van der Waals surface area contributed by atoms with Crippen molar-refractivity contribution < 1.29 is 14.2 Å². The molecule has 0 radical (unpaired) electrons. The number of nitriles is 1. The van der Waals surface area contributed by atoms with Crippen LogP contribution in [0, 0.1) is 11.3 Å². The molecule has 35 heavy (non-hydrogen) atoms. The van der Waals surface area contributed by atoms with Gasteiger partial charge in [-0.2, -0.15) is 5.26 Å². The van der Waals surface area contributed by atoms with Crippen molar-refractivity contribution in [2.45, 2.75) is 26.8 Å². The first-order valence-corrected chi connectivity index (χ1v) is 11.9. The molecular formula is C29H31N3O3. The topological polar surface area (TPSA) is 67.6 Å². The number of hydrogen-bond donors (Lipinski definition) is 0. The van der Waals surface area contributed by atoms with Crippen molar-refractivity contribution in [3.8, 4) is 34.6 Å². The second kappa shape index (κ2) is 11.1. The van der Waals surface area contributed by atoms with Gasteiger partial charge < -0.3 is 14.2 Å². The Labute approximate surface area is 207 Å². The lowest BCUT2D eigenvalue weighted by Crippen LogP contribution is -2.32. The summed E-state index contributed by atoms with van der Waals surface area (Å²) in [6.07, 6.45) is 3.21. The summed E-state index contributed by atoms with van der Waals surface area (Å²) in [7, 11) is 3.32. The summed E-state index contributed by atoms with van der Waals surface area (Å²) in [5, 5.41) is 10.2. The van der Waals surface area contributed by atoms with Crippen LogP contribution in [-0.4, -0.2) is 43.8 Å². The first-order valence-electron chi connectivity index (χ1n) is 11.9. The standard InChI is InChI=1S/C29H31N3O3/c1-5-15-32-18-22(16-20-7-11-23(33-3)12-8-20)28-26(19-32)27(21-9-13-24(34-4)14-10-21)25(17-30)29(31-28)35-6-2/h7-14,16H,5-6,15,18-19H2,1-4H3/b22-16+. The summed E-state index contributed by atoms with van der Waals surface area (Å²) in [5.74, 6) is 1.97. The third-order valence-electron chi connectivity index (χ3n) is 6.11. The lowest BCUT2D eigenvalue weighted by molar-refractivity contribution is 0.288. The van der Waals surface area contributed by atoms with E-state index in [0.717, 1.165) is 71.1 Å². The van der Waals surface area contributed by atoms with Crippen molar-refractivity contribution in [3.05, 3.63) is 70.9 Å². The van der Waals surface area contributed by atoms with Crippen LogP contribution in [0.4, 0.5) is 0 Å². The van der Waals surface area contributed by atoms with Gasteiger partial charge in [0.05, 0.1) is 26.5 Å². The van der Waals surface area contributed by atoms with E-state index < -0.39 is 0 Å². The fourth-order valence-electron chi connectivity index (χ4n) is 4.53. The van der Waals surface area contributed by atoms with Gasteiger partial charge >= 0.3 is 0 Å². The molecule has 0 saturated heterocycles. The number of benzene rings is 2. The lowest BCUT2D eigenvalue weighted by Gasteiger charge is -2.32. The molecule has 2 aromatic carbocycles. The molecule has 3 aromatic rings. The SMILES string of the molecule is CCCN1C/C(=C\c2ccc(OC)cc2)c2nc(OCC)c(C#N)c(-c3ccc(OC)cc3)c2C1. The zero-order valence-corrected chi connectivity index (χ0v) is 20.8. The third-order valence-corrected chi connectivity index (χ3v) is 6.11. The minimum atomic E-state index is 0.379. The molecule has 2 heterocycles. The molecule has 1 aliphatic heterocycles. The van der Waals surface area contributed by atoms with E-state index in [9.17, 15) is 5.26 Å². The average Bonchev–Trinajstić information content (AvgIpc) is 2.89. The Balaban J connectivity index is 1.95. The Hall–Kier alpha value is -3.82. The van der Waals surface area contributed by atoms with Gasteiger partial charge in [0.2, 0.25) is 5.88 Å². The Morgan fingerprint density at radius 3 is 2.20 bits per heavy atom. The molecule has 1 aliphatic rings. The Bertz CT molecular complexity index is 1240. The van der Waals surface area contributed by atoms with Crippen molar-refractivity contribution in [2.75, 3.05) is 33.9 Å². The summed E-state index contributed by atoms with van der Waals surface area (Å²) in [6.45, 7) is 6.98. The van der Waals surface area contributed by atoms with Crippen molar-refractivity contribution in [1.82, 2.24) is 9.88 Å². The molecule has 0 unspecified atom stereocenters. The Kier molecular flexibility index (Phi) is 7.69. The number of rotatable bonds is 8. The van der Waals surface area contributed by atoms with Crippen LogP contribution in [0.3, 0.4) is 0 Å². The van der Waals surface area contributed by atoms with E-state index in [-0.39, 0.29) is 0 Å². The first-order chi connectivity index (χ1) is 17.1. The van der Waals surface area contributed by atoms with Gasteiger partial charge in [-0.05, 0) is 66.9 Å². The van der Waals surface area contributed by atoms with E-state index in [1.54, 1.807) is 14.2 Å². The van der Waals surface area contributed by atoms with E-state index in [2.05, 4.69) is 24.0 Å². The van der Waals surface area contributed by atoms with Crippen LogP contribution in [0.25, 0.3) is 22.8 Å². The van der Waals surface area contributed by atoms with Crippen LogP contribution in [0.5, 0.6) is 17.4 Å². The quantitative estimate of drug-likeness (QED) is 0.415. The molecule has 0 saturated carbocycles. The zero-order valence-electron chi connectivity index (χ0n) is 20.8. The van der Waals surface area contributed by atoms with E-state index in [1.807, 2.05) is 55.5 Å². The largest absolute Gasteiger partial charge is 0.497 e. The third kappa shape index (κ3) is 5.16. The van der Waals surface area contributed by atoms with Gasteiger partial charge in [0.25, 0.3) is 0 Å². The average molecular weight is 470 g/mol. The molecule has 0 spiro atoms. The molecule has 4 rings (SSSR count). The van der Waals surface area contributed by atoms with E-state index in [1.165, 1.54) is 0 Å². The maximum atomic E-state index is 10.2. The number of methoxy groups -OCH3 is 2. The molecule has 6 heteroatoms. The van der Waals surface area contributed by atoms with E-state index in [0.29, 0.717) is 18.1 Å². The maximum absolute atomic E-state index is 10.2. The lowest BCUT2D eigenvalue weighted by atomic mass is 9.88. The minimum absolute atomic E-state index is 0.379. The van der Waals surface area contributed by atoms with Crippen molar-refractivity contribution in [3.63, 3.8) is 0 Å². The maximum Gasteiger partial charge on any atom is 0.232 e. The number of hydrogen-bond acceptors (Lipinski definition) is 6. The second-order valence-corrected chi connectivity index (χ2v) is 8.42. The number of pyridine rings is 1. The Morgan fingerprint density at radius 2 is 1.63 bits per heavy atom. The second-order valence-electron chi connectivity index (χ2n) is 8.42. The molecular weight excluding hydrogens is 438 g/mol. The summed E-state index contributed by atoms with van der Waals surface area (Å²) in [5.41, 5.74) is 6.41. The zero-order chi connectivity index (χ0) is 24.8. The smallest absolute Gasteiger partial charge is 0.232 e. The number of nitrogens with zero attached hydrogens (tertiary/aromatic N) is 3. The summed E-state index contributed by atoms with van der Waals surface area (Å²) < 4.78 is 16.6. The number of fused-ring (bicyclic) bond motifs is 1. The first kappa shape index (κ1) is 24.3. The summed E-state index contributed by atoms with van der Waals surface area (Å²) in [4.78, 5) is 7.32. The fourth-order valence-corrected chi connectivity index (χ4v) is 4.53. The van der Waals surface area contributed by atoms with Crippen LogP contribution < -0.4 is 14.2 Å². The van der Waals surface area contributed by atoms with Crippen LogP contribution in [0.1, 0.15) is 42.7 Å². The van der Waals surface area contributed by atoms with Crippen LogP contribution >= 0.6 is 0 Å². The molecule has 180 valence electrons. The molecule has 0 atom stereocenters. The molecule has 0 amide bonds. The van der Waals surface area contributed by atoms with Crippen molar-refractivity contribution in [2.24, 2.45) is 0 Å². The van der Waals surface area contributed by atoms with Crippen LogP contribution in [-0.2, 0) is 6.54 Å². The van der Waals surface area contributed by atoms with Gasteiger partial charge in [-0.25, -0.2) is 4.98 Å². The van der Waals surface area contributed by atoms with Gasteiger partial charge in [-0.1, -0.05) is 31.2 Å². The van der Waals surface area contributed by atoms with Gasteiger partial charge in [-0.3, -0.25) is 4.90 Å². The Morgan fingerprint density at radius 1 is 0.971 bits per heavy atom. The highest BCUT2D eigenvalue weighted by Crippen LogP contribution is 2.40. The highest BCUT2D eigenvalue weighted by Gasteiger charge is 2.29. The van der Waals surface area contributed by atoms with Crippen LogP contribution in [0.15, 0.2) is 48.5 Å². The predicted molar refractivity (Wildman–Crippen MR) is 139 cm³/mol. The van der Waals surface area contributed by atoms with E-state index >= 15 is 0 Å². The number of ether oxygens (including phenoxy) is 3. The fraction of sp³-hybridized carbons (Fsp3) is 0.310. The highest BCUT2D eigenvalue weighted by atomic mass is 16.5.